The fourth-order valence-corrected chi connectivity index (χ4v) is 2.53. The van der Waals surface area contributed by atoms with Crippen molar-refractivity contribution in [2.75, 3.05) is 12.1 Å². The van der Waals surface area contributed by atoms with Crippen LogP contribution in [0.25, 0.3) is 0 Å². The van der Waals surface area contributed by atoms with Crippen molar-refractivity contribution >= 4 is 23.3 Å². The zero-order chi connectivity index (χ0) is 19.9. The van der Waals surface area contributed by atoms with Crippen LogP contribution in [0.5, 0.6) is 0 Å². The van der Waals surface area contributed by atoms with Gasteiger partial charge in [-0.15, -0.1) is 0 Å². The number of rotatable bonds is 2. The molecule has 0 aromatic heterocycles. The Morgan fingerprint density at radius 1 is 1.12 bits per heavy atom. The number of methoxy groups -OCH3 is 1. The van der Waals surface area contributed by atoms with Crippen molar-refractivity contribution < 1.29 is 27.5 Å². The predicted molar refractivity (Wildman–Crippen MR) is 90.8 cm³/mol. The number of ether oxygens (including phenoxy) is 1. The van der Waals surface area contributed by atoms with Crippen LogP contribution in [0.2, 0.25) is 0 Å². The maximum absolute atomic E-state index is 13.3. The third-order valence-electron chi connectivity index (χ3n) is 3.92. The van der Waals surface area contributed by atoms with Gasteiger partial charge in [0.1, 0.15) is 0 Å². The van der Waals surface area contributed by atoms with Crippen molar-refractivity contribution in [3.8, 4) is 0 Å². The molecular weight excluding hydrogens is 349 g/mol. The Morgan fingerprint density at radius 3 is 2.08 bits per heavy atom. The van der Waals surface area contributed by atoms with Gasteiger partial charge in [0.05, 0.1) is 24.1 Å². The maximum Gasteiger partial charge on any atom is 0.424 e. The summed E-state index contributed by atoms with van der Waals surface area (Å²) < 4.78 is 44.1. The fourth-order valence-electron chi connectivity index (χ4n) is 2.53. The molecule has 0 aliphatic carbocycles. The van der Waals surface area contributed by atoms with Gasteiger partial charge in [0.15, 0.2) is 5.57 Å². The smallest absolute Gasteiger partial charge is 0.424 e. The van der Waals surface area contributed by atoms with Gasteiger partial charge in [-0.25, -0.2) is 4.79 Å². The van der Waals surface area contributed by atoms with Gasteiger partial charge in [-0.1, -0.05) is 32.9 Å². The molecule has 0 atom stereocenters. The lowest BCUT2D eigenvalue weighted by atomic mass is 9.87. The largest absolute Gasteiger partial charge is 0.465 e. The van der Waals surface area contributed by atoms with E-state index in [1.165, 1.54) is 6.92 Å². The molecule has 0 fully saturated rings. The molecule has 0 unspecified atom stereocenters. The van der Waals surface area contributed by atoms with Gasteiger partial charge in [-0.2, -0.15) is 23.3 Å². The molecular formula is C18H19F3N2O3. The first-order valence-electron chi connectivity index (χ1n) is 7.78. The molecule has 1 amide bonds. The molecule has 0 spiro atoms. The number of nitrogens with zero attached hydrogens (tertiary/aromatic N) is 2. The molecule has 0 saturated heterocycles. The zero-order valence-electron chi connectivity index (χ0n) is 15.1. The van der Waals surface area contributed by atoms with Gasteiger partial charge in [-0.05, 0) is 30.0 Å². The molecule has 0 bridgehead atoms. The summed E-state index contributed by atoms with van der Waals surface area (Å²) in [5, 5.41) is 4.75. The molecule has 1 aliphatic heterocycles. The van der Waals surface area contributed by atoms with Crippen molar-refractivity contribution in [2.24, 2.45) is 5.10 Å². The summed E-state index contributed by atoms with van der Waals surface area (Å²) in [6.07, 6.45) is -5.04. The SMILES string of the molecule is COC(=O)/C(=C1/C(=O)N(c2ccc(C(C)(C)C)cc2)N=C1C)C(F)(F)F. The highest BCUT2D eigenvalue weighted by Gasteiger charge is 2.47. The fraction of sp³-hybridized carbons (Fsp3) is 0.389. The summed E-state index contributed by atoms with van der Waals surface area (Å²) in [5.74, 6) is -2.65. The van der Waals surface area contributed by atoms with Crippen LogP contribution in [0.1, 0.15) is 33.3 Å². The van der Waals surface area contributed by atoms with E-state index in [9.17, 15) is 22.8 Å². The molecule has 26 heavy (non-hydrogen) atoms. The van der Waals surface area contributed by atoms with Gasteiger partial charge >= 0.3 is 12.1 Å². The van der Waals surface area contributed by atoms with Crippen molar-refractivity contribution in [1.82, 2.24) is 0 Å². The van der Waals surface area contributed by atoms with Crippen LogP contribution >= 0.6 is 0 Å². The molecule has 1 aromatic rings. The van der Waals surface area contributed by atoms with Gasteiger partial charge < -0.3 is 4.74 Å². The van der Waals surface area contributed by atoms with Crippen molar-refractivity contribution in [1.29, 1.82) is 0 Å². The second-order valence-electron chi connectivity index (χ2n) is 6.84. The number of carbonyl (C=O) groups excluding carboxylic acids is 2. The van der Waals surface area contributed by atoms with Crippen molar-refractivity contribution in [2.45, 2.75) is 39.3 Å². The van der Waals surface area contributed by atoms with E-state index in [0.717, 1.165) is 17.7 Å². The Labute approximate surface area is 149 Å². The molecule has 8 heteroatoms. The second kappa shape index (κ2) is 6.59. The van der Waals surface area contributed by atoms with Crippen molar-refractivity contribution in [3.63, 3.8) is 0 Å². The summed E-state index contributed by atoms with van der Waals surface area (Å²) >= 11 is 0. The quantitative estimate of drug-likeness (QED) is 0.590. The number of amides is 1. The molecule has 0 N–H and O–H groups in total. The monoisotopic (exact) mass is 368 g/mol. The summed E-state index contributed by atoms with van der Waals surface area (Å²) in [5.41, 5.74) is -1.47. The van der Waals surface area contributed by atoms with E-state index in [1.807, 2.05) is 20.8 Å². The standard InChI is InChI=1S/C18H19F3N2O3/c1-10-13(14(16(25)26-5)18(19,20)21)15(24)23(22-10)12-8-6-11(7-9-12)17(2,3)4/h6-9H,1-5H3/b14-13-. The van der Waals surface area contributed by atoms with Gasteiger partial charge in [0.25, 0.3) is 5.91 Å². The molecule has 5 nitrogen and oxygen atoms in total. The topological polar surface area (TPSA) is 59.0 Å². The molecule has 1 aromatic carbocycles. The average molecular weight is 368 g/mol. The lowest BCUT2D eigenvalue weighted by Crippen LogP contribution is -2.29. The van der Waals surface area contributed by atoms with E-state index >= 15 is 0 Å². The van der Waals surface area contributed by atoms with Gasteiger partial charge in [0.2, 0.25) is 0 Å². The Hall–Kier alpha value is -2.64. The first-order valence-corrected chi connectivity index (χ1v) is 7.78. The zero-order valence-corrected chi connectivity index (χ0v) is 15.1. The number of hydrazone groups is 1. The molecule has 1 aliphatic rings. The number of esters is 1. The van der Waals surface area contributed by atoms with Crippen LogP contribution in [-0.4, -0.2) is 30.9 Å². The summed E-state index contributed by atoms with van der Waals surface area (Å²) in [6, 6.07) is 6.76. The maximum atomic E-state index is 13.3. The molecule has 140 valence electrons. The van der Waals surface area contributed by atoms with Crippen LogP contribution in [0.15, 0.2) is 40.5 Å². The van der Waals surface area contributed by atoms with E-state index < -0.39 is 29.2 Å². The van der Waals surface area contributed by atoms with Gasteiger partial charge in [-0.3, -0.25) is 4.79 Å². The van der Waals surface area contributed by atoms with Crippen LogP contribution < -0.4 is 5.01 Å². The Balaban J connectivity index is 2.50. The molecule has 0 saturated carbocycles. The number of alkyl halides is 3. The van der Waals surface area contributed by atoms with E-state index in [4.69, 9.17) is 0 Å². The Kier molecular flexibility index (Phi) is 4.98. The van der Waals surface area contributed by atoms with E-state index in [2.05, 4.69) is 9.84 Å². The highest BCUT2D eigenvalue weighted by molar-refractivity contribution is 6.32. The molecule has 0 radical (unpaired) electrons. The number of benzene rings is 1. The van der Waals surface area contributed by atoms with Crippen LogP contribution in [-0.2, 0) is 19.7 Å². The summed E-state index contributed by atoms with van der Waals surface area (Å²) in [7, 11) is 0.823. The van der Waals surface area contributed by atoms with Crippen LogP contribution in [0.4, 0.5) is 18.9 Å². The number of hydrogen-bond donors (Lipinski definition) is 0. The number of halogens is 3. The Morgan fingerprint density at radius 2 is 1.65 bits per heavy atom. The number of hydrogen-bond acceptors (Lipinski definition) is 4. The first-order chi connectivity index (χ1) is 11.9. The number of carbonyl (C=O) groups is 2. The molecule has 1 heterocycles. The lowest BCUT2D eigenvalue weighted by molar-refractivity contribution is -0.148. The minimum Gasteiger partial charge on any atom is -0.465 e. The van der Waals surface area contributed by atoms with Gasteiger partial charge in [0, 0.05) is 0 Å². The second-order valence-corrected chi connectivity index (χ2v) is 6.84. The van der Waals surface area contributed by atoms with E-state index in [0.29, 0.717) is 5.69 Å². The van der Waals surface area contributed by atoms with Crippen LogP contribution in [0.3, 0.4) is 0 Å². The molecule has 2 rings (SSSR count). The van der Waals surface area contributed by atoms with E-state index in [-0.39, 0.29) is 11.1 Å². The highest BCUT2D eigenvalue weighted by atomic mass is 19.4. The lowest BCUT2D eigenvalue weighted by Gasteiger charge is -2.20. The third-order valence-corrected chi connectivity index (χ3v) is 3.92. The van der Waals surface area contributed by atoms with E-state index in [1.54, 1.807) is 24.3 Å². The normalized spacial score (nSPS) is 17.3. The average Bonchev–Trinajstić information content (AvgIpc) is 2.81. The minimum absolute atomic E-state index is 0.119. The first kappa shape index (κ1) is 19.7. The summed E-state index contributed by atoms with van der Waals surface area (Å²) in [4.78, 5) is 24.2. The summed E-state index contributed by atoms with van der Waals surface area (Å²) in [6.45, 7) is 7.28. The highest BCUT2D eigenvalue weighted by Crippen LogP contribution is 2.34. The third kappa shape index (κ3) is 3.63. The van der Waals surface area contributed by atoms with Crippen molar-refractivity contribution in [3.05, 3.63) is 41.0 Å². The van der Waals surface area contributed by atoms with Crippen LogP contribution in [0, 0.1) is 0 Å². The predicted octanol–water partition coefficient (Wildman–Crippen LogP) is 3.74. The number of anilines is 1. The Bertz CT molecular complexity index is 800. The minimum atomic E-state index is -5.04.